The van der Waals surface area contributed by atoms with Crippen molar-refractivity contribution in [2.45, 2.75) is 46.0 Å². The molecule has 0 N–H and O–H groups in total. The number of Topliss-reactive ketones (excluding diaryl/α,β-unsaturated/α-hetero) is 1. The Bertz CT molecular complexity index is 302. The summed E-state index contributed by atoms with van der Waals surface area (Å²) in [6, 6.07) is 10.5. The standard InChI is InChI=1S/C15H22O/c1-3-13(2)15(16)12-8-7-11-14-9-5-4-6-10-14/h4-6,9-10,13H,3,7-8,11-12H2,1-2H3/t13-/m0/s1. The maximum atomic E-state index is 11.6. The number of benzene rings is 1. The van der Waals surface area contributed by atoms with Crippen molar-refractivity contribution in [1.82, 2.24) is 0 Å². The summed E-state index contributed by atoms with van der Waals surface area (Å²) in [6.07, 6.45) is 4.96. The third kappa shape index (κ3) is 4.61. The van der Waals surface area contributed by atoms with E-state index in [-0.39, 0.29) is 5.92 Å². The molecule has 0 unspecified atom stereocenters. The van der Waals surface area contributed by atoms with Crippen LogP contribution in [0.5, 0.6) is 0 Å². The quantitative estimate of drug-likeness (QED) is 0.632. The summed E-state index contributed by atoms with van der Waals surface area (Å²) >= 11 is 0. The number of unbranched alkanes of at least 4 members (excludes halogenated alkanes) is 1. The summed E-state index contributed by atoms with van der Waals surface area (Å²) in [6.45, 7) is 4.10. The molecule has 1 aromatic rings. The highest BCUT2D eigenvalue weighted by Gasteiger charge is 2.09. The molecule has 0 fully saturated rings. The van der Waals surface area contributed by atoms with E-state index in [2.05, 4.69) is 31.2 Å². The van der Waals surface area contributed by atoms with Crippen LogP contribution in [-0.4, -0.2) is 5.78 Å². The Hall–Kier alpha value is -1.11. The van der Waals surface area contributed by atoms with Crippen molar-refractivity contribution in [3.05, 3.63) is 35.9 Å². The zero-order valence-corrected chi connectivity index (χ0v) is 10.4. The monoisotopic (exact) mass is 218 g/mol. The molecule has 0 aromatic heterocycles. The SMILES string of the molecule is CC[C@H](C)C(=O)CCCCc1ccccc1. The molecule has 1 nitrogen and oxygen atoms in total. The first-order chi connectivity index (χ1) is 7.74. The van der Waals surface area contributed by atoms with E-state index >= 15 is 0 Å². The van der Waals surface area contributed by atoms with E-state index in [0.717, 1.165) is 32.1 Å². The van der Waals surface area contributed by atoms with E-state index in [1.807, 2.05) is 13.0 Å². The van der Waals surface area contributed by atoms with Gasteiger partial charge in [0.15, 0.2) is 0 Å². The minimum absolute atomic E-state index is 0.247. The minimum atomic E-state index is 0.247. The first-order valence-electron chi connectivity index (χ1n) is 6.30. The van der Waals surface area contributed by atoms with Crippen LogP contribution in [-0.2, 0) is 11.2 Å². The van der Waals surface area contributed by atoms with E-state index in [0.29, 0.717) is 5.78 Å². The summed E-state index contributed by atoms with van der Waals surface area (Å²) in [4.78, 5) is 11.6. The van der Waals surface area contributed by atoms with Crippen LogP contribution in [0.1, 0.15) is 45.1 Å². The molecule has 0 radical (unpaired) electrons. The minimum Gasteiger partial charge on any atom is -0.299 e. The highest BCUT2D eigenvalue weighted by Crippen LogP contribution is 2.10. The van der Waals surface area contributed by atoms with Gasteiger partial charge in [0, 0.05) is 12.3 Å². The van der Waals surface area contributed by atoms with Crippen LogP contribution in [0, 0.1) is 5.92 Å². The van der Waals surface area contributed by atoms with Crippen molar-refractivity contribution in [3.63, 3.8) is 0 Å². The third-order valence-corrected chi connectivity index (χ3v) is 3.14. The zero-order valence-electron chi connectivity index (χ0n) is 10.4. The molecule has 0 heterocycles. The fraction of sp³-hybridized carbons (Fsp3) is 0.533. The maximum absolute atomic E-state index is 11.6. The van der Waals surface area contributed by atoms with Crippen molar-refractivity contribution < 1.29 is 4.79 Å². The molecule has 1 aromatic carbocycles. The van der Waals surface area contributed by atoms with Crippen molar-refractivity contribution in [2.24, 2.45) is 5.92 Å². The lowest BCUT2D eigenvalue weighted by atomic mass is 9.98. The Morgan fingerprint density at radius 3 is 2.50 bits per heavy atom. The molecule has 0 aliphatic heterocycles. The number of rotatable bonds is 7. The molecule has 0 spiro atoms. The largest absolute Gasteiger partial charge is 0.299 e. The lowest BCUT2D eigenvalue weighted by molar-refractivity contribution is -0.122. The second kappa shape index (κ2) is 7.21. The van der Waals surface area contributed by atoms with Gasteiger partial charge in [0.25, 0.3) is 0 Å². The van der Waals surface area contributed by atoms with Gasteiger partial charge in [-0.25, -0.2) is 0 Å². The van der Waals surface area contributed by atoms with E-state index in [9.17, 15) is 4.79 Å². The average Bonchev–Trinajstić information content (AvgIpc) is 2.34. The van der Waals surface area contributed by atoms with Gasteiger partial charge < -0.3 is 0 Å². The van der Waals surface area contributed by atoms with E-state index in [4.69, 9.17) is 0 Å². The average molecular weight is 218 g/mol. The molecule has 0 aliphatic carbocycles. The maximum Gasteiger partial charge on any atom is 0.135 e. The molecule has 1 rings (SSSR count). The van der Waals surface area contributed by atoms with Gasteiger partial charge in [-0.2, -0.15) is 0 Å². The van der Waals surface area contributed by atoms with Crippen molar-refractivity contribution in [1.29, 1.82) is 0 Å². The van der Waals surface area contributed by atoms with Gasteiger partial charge in [0.05, 0.1) is 0 Å². The number of hydrogen-bond donors (Lipinski definition) is 0. The normalized spacial score (nSPS) is 12.4. The van der Waals surface area contributed by atoms with Gasteiger partial charge in [0.1, 0.15) is 5.78 Å². The van der Waals surface area contributed by atoms with Crippen LogP contribution in [0.3, 0.4) is 0 Å². The molecule has 0 amide bonds. The van der Waals surface area contributed by atoms with Crippen molar-refractivity contribution in [3.8, 4) is 0 Å². The molecule has 1 heteroatoms. The van der Waals surface area contributed by atoms with Gasteiger partial charge in [-0.15, -0.1) is 0 Å². The molecule has 1 atom stereocenters. The summed E-state index contributed by atoms with van der Waals surface area (Å²) in [5.74, 6) is 0.673. The summed E-state index contributed by atoms with van der Waals surface area (Å²) in [7, 11) is 0. The Labute approximate surface area is 98.9 Å². The molecule has 0 bridgehead atoms. The Morgan fingerprint density at radius 2 is 1.88 bits per heavy atom. The van der Waals surface area contributed by atoms with Gasteiger partial charge in [-0.05, 0) is 31.2 Å². The molecule has 0 saturated carbocycles. The molecule has 0 aliphatic rings. The highest BCUT2D eigenvalue weighted by molar-refractivity contribution is 5.80. The predicted octanol–water partition coefficient (Wildman–Crippen LogP) is 4.01. The number of aryl methyl sites for hydroxylation is 1. The van der Waals surface area contributed by atoms with E-state index in [1.54, 1.807) is 0 Å². The number of carbonyl (C=O) groups is 1. The lowest BCUT2D eigenvalue weighted by Crippen LogP contribution is -2.09. The van der Waals surface area contributed by atoms with Gasteiger partial charge in [0.2, 0.25) is 0 Å². The summed E-state index contributed by atoms with van der Waals surface area (Å²) in [5, 5.41) is 0. The first kappa shape index (κ1) is 13.0. The van der Waals surface area contributed by atoms with Crippen LogP contribution in [0.4, 0.5) is 0 Å². The number of carbonyl (C=O) groups excluding carboxylic acids is 1. The van der Waals surface area contributed by atoms with Gasteiger partial charge in [-0.1, -0.05) is 44.2 Å². The Morgan fingerprint density at radius 1 is 1.19 bits per heavy atom. The zero-order chi connectivity index (χ0) is 11.8. The van der Waals surface area contributed by atoms with Gasteiger partial charge in [-0.3, -0.25) is 4.79 Å². The van der Waals surface area contributed by atoms with Gasteiger partial charge >= 0.3 is 0 Å². The van der Waals surface area contributed by atoms with Crippen LogP contribution >= 0.6 is 0 Å². The van der Waals surface area contributed by atoms with Crippen LogP contribution in [0.15, 0.2) is 30.3 Å². The van der Waals surface area contributed by atoms with Crippen LogP contribution in [0.2, 0.25) is 0 Å². The van der Waals surface area contributed by atoms with Crippen LogP contribution in [0.25, 0.3) is 0 Å². The highest BCUT2D eigenvalue weighted by atomic mass is 16.1. The summed E-state index contributed by atoms with van der Waals surface area (Å²) < 4.78 is 0. The second-order valence-corrected chi connectivity index (χ2v) is 4.47. The first-order valence-corrected chi connectivity index (χ1v) is 6.30. The predicted molar refractivity (Wildman–Crippen MR) is 68.5 cm³/mol. The summed E-state index contributed by atoms with van der Waals surface area (Å²) in [5.41, 5.74) is 1.37. The number of ketones is 1. The van der Waals surface area contributed by atoms with Crippen molar-refractivity contribution >= 4 is 5.78 Å². The topological polar surface area (TPSA) is 17.1 Å². The third-order valence-electron chi connectivity index (χ3n) is 3.14. The Balaban J connectivity index is 2.15. The second-order valence-electron chi connectivity index (χ2n) is 4.47. The van der Waals surface area contributed by atoms with E-state index in [1.165, 1.54) is 5.56 Å². The molecular formula is C15H22O. The van der Waals surface area contributed by atoms with E-state index < -0.39 is 0 Å². The molecule has 88 valence electrons. The van der Waals surface area contributed by atoms with Crippen LogP contribution < -0.4 is 0 Å². The molecule has 16 heavy (non-hydrogen) atoms. The molecular weight excluding hydrogens is 196 g/mol. The lowest BCUT2D eigenvalue weighted by Gasteiger charge is -2.06. The number of hydrogen-bond acceptors (Lipinski definition) is 1. The smallest absolute Gasteiger partial charge is 0.135 e. The fourth-order valence-corrected chi connectivity index (χ4v) is 1.75. The Kier molecular flexibility index (Phi) is 5.84. The fourth-order valence-electron chi connectivity index (χ4n) is 1.75. The molecule has 0 saturated heterocycles. The van der Waals surface area contributed by atoms with Crippen molar-refractivity contribution in [2.75, 3.05) is 0 Å².